The van der Waals surface area contributed by atoms with Crippen molar-refractivity contribution in [1.29, 1.82) is 0 Å². The number of amides is 1. The summed E-state index contributed by atoms with van der Waals surface area (Å²) in [6.07, 6.45) is 1.000. The third-order valence-corrected chi connectivity index (χ3v) is 2.78. The minimum Gasteiger partial charge on any atom is -0.520 e. The van der Waals surface area contributed by atoms with Gasteiger partial charge in [0, 0.05) is 18.4 Å². The maximum absolute atomic E-state index is 11.5. The minimum absolute atomic E-state index is 0.0102. The highest BCUT2D eigenvalue weighted by atomic mass is 28.4. The SMILES string of the molecule is CC(C)(C)C(=O)NCCCC(=O)O[Si](C)(C)C. The minimum atomic E-state index is -1.77. The molecular weight excluding hydrogens is 234 g/mol. The van der Waals surface area contributed by atoms with Crippen molar-refractivity contribution in [3.8, 4) is 0 Å². The van der Waals surface area contributed by atoms with E-state index in [9.17, 15) is 9.59 Å². The molecule has 0 aromatic heterocycles. The summed E-state index contributed by atoms with van der Waals surface area (Å²) in [5.74, 6) is -0.148. The van der Waals surface area contributed by atoms with E-state index in [2.05, 4.69) is 5.32 Å². The van der Waals surface area contributed by atoms with Crippen molar-refractivity contribution in [2.24, 2.45) is 5.41 Å². The lowest BCUT2D eigenvalue weighted by atomic mass is 9.96. The molecule has 0 heterocycles. The molecule has 0 atom stereocenters. The number of rotatable bonds is 5. The molecule has 0 bridgehead atoms. The van der Waals surface area contributed by atoms with Gasteiger partial charge in [-0.3, -0.25) is 9.59 Å². The molecule has 0 aliphatic heterocycles. The van der Waals surface area contributed by atoms with Crippen LogP contribution >= 0.6 is 0 Å². The van der Waals surface area contributed by atoms with Crippen LogP contribution in [0.25, 0.3) is 0 Å². The highest BCUT2D eigenvalue weighted by Gasteiger charge is 2.21. The van der Waals surface area contributed by atoms with Gasteiger partial charge in [0.1, 0.15) is 0 Å². The van der Waals surface area contributed by atoms with Gasteiger partial charge in [0.25, 0.3) is 5.97 Å². The van der Waals surface area contributed by atoms with Gasteiger partial charge in [-0.15, -0.1) is 0 Å². The standard InChI is InChI=1S/C12H25NO3Si/c1-12(2,3)11(15)13-9-7-8-10(14)16-17(4,5)6/h7-9H2,1-6H3,(H,13,15). The Balaban J connectivity index is 3.73. The third kappa shape index (κ3) is 8.91. The van der Waals surface area contributed by atoms with E-state index in [1.54, 1.807) is 0 Å². The maximum atomic E-state index is 11.5. The molecular formula is C12H25NO3Si. The Bertz CT molecular complexity index is 276. The zero-order chi connectivity index (χ0) is 13.7. The van der Waals surface area contributed by atoms with Crippen LogP contribution in [0.5, 0.6) is 0 Å². The fourth-order valence-corrected chi connectivity index (χ4v) is 1.88. The summed E-state index contributed by atoms with van der Waals surface area (Å²) in [6, 6.07) is 0. The number of hydrogen-bond acceptors (Lipinski definition) is 3. The first-order valence-corrected chi connectivity index (χ1v) is 9.43. The fourth-order valence-electron chi connectivity index (χ4n) is 1.09. The van der Waals surface area contributed by atoms with Crippen molar-refractivity contribution >= 4 is 20.2 Å². The second kappa shape index (κ2) is 6.19. The largest absolute Gasteiger partial charge is 0.520 e. The Hall–Kier alpha value is -0.843. The fraction of sp³-hybridized carbons (Fsp3) is 0.833. The molecule has 0 aliphatic rings. The average molecular weight is 259 g/mol. The normalized spacial score (nSPS) is 12.1. The highest BCUT2D eigenvalue weighted by molar-refractivity contribution is 6.71. The molecule has 0 fully saturated rings. The van der Waals surface area contributed by atoms with E-state index in [1.807, 2.05) is 40.4 Å². The second-order valence-corrected chi connectivity index (χ2v) is 10.6. The molecule has 17 heavy (non-hydrogen) atoms. The molecule has 1 N–H and O–H groups in total. The Morgan fingerprint density at radius 3 is 2.12 bits per heavy atom. The summed E-state index contributed by atoms with van der Waals surface area (Å²) in [5.41, 5.74) is -0.376. The molecule has 0 aromatic rings. The molecule has 0 spiro atoms. The Morgan fingerprint density at radius 2 is 1.71 bits per heavy atom. The van der Waals surface area contributed by atoms with E-state index >= 15 is 0 Å². The maximum Gasteiger partial charge on any atom is 0.292 e. The molecule has 0 saturated carbocycles. The molecule has 0 rings (SSSR count). The van der Waals surface area contributed by atoms with Crippen molar-refractivity contribution in [3.63, 3.8) is 0 Å². The van der Waals surface area contributed by atoms with Crippen LogP contribution in [-0.4, -0.2) is 26.7 Å². The molecule has 5 heteroatoms. The Morgan fingerprint density at radius 1 is 1.18 bits per heavy atom. The van der Waals surface area contributed by atoms with E-state index in [-0.39, 0.29) is 17.3 Å². The summed E-state index contributed by atoms with van der Waals surface area (Å²) in [4.78, 5) is 22.9. The number of hydrogen-bond donors (Lipinski definition) is 1. The first-order chi connectivity index (χ1) is 7.52. The molecule has 1 amide bonds. The van der Waals surface area contributed by atoms with Gasteiger partial charge >= 0.3 is 0 Å². The van der Waals surface area contributed by atoms with Crippen LogP contribution in [0.15, 0.2) is 0 Å². The van der Waals surface area contributed by atoms with Gasteiger partial charge in [-0.2, -0.15) is 0 Å². The number of carbonyl (C=O) groups is 2. The average Bonchev–Trinajstić information content (AvgIpc) is 2.07. The monoisotopic (exact) mass is 259 g/mol. The van der Waals surface area contributed by atoms with E-state index in [4.69, 9.17) is 4.43 Å². The molecule has 0 radical (unpaired) electrons. The predicted octanol–water partition coefficient (Wildman–Crippen LogP) is 2.31. The van der Waals surface area contributed by atoms with E-state index in [1.165, 1.54) is 0 Å². The number of nitrogens with one attached hydrogen (secondary N) is 1. The van der Waals surface area contributed by atoms with Crippen LogP contribution in [0.4, 0.5) is 0 Å². The summed E-state index contributed by atoms with van der Waals surface area (Å²) < 4.78 is 5.30. The van der Waals surface area contributed by atoms with Crippen LogP contribution < -0.4 is 5.32 Å². The topological polar surface area (TPSA) is 55.4 Å². The predicted molar refractivity (Wildman–Crippen MR) is 71.1 cm³/mol. The first kappa shape index (κ1) is 16.2. The zero-order valence-corrected chi connectivity index (χ0v) is 12.8. The lowest BCUT2D eigenvalue weighted by molar-refractivity contribution is -0.135. The highest BCUT2D eigenvalue weighted by Crippen LogP contribution is 2.12. The molecule has 4 nitrogen and oxygen atoms in total. The van der Waals surface area contributed by atoms with Crippen LogP contribution in [0.1, 0.15) is 33.6 Å². The van der Waals surface area contributed by atoms with E-state index in [0.717, 1.165) is 0 Å². The summed E-state index contributed by atoms with van der Waals surface area (Å²) in [5, 5.41) is 2.81. The van der Waals surface area contributed by atoms with Crippen molar-refractivity contribution in [3.05, 3.63) is 0 Å². The van der Waals surface area contributed by atoms with Gasteiger partial charge in [-0.25, -0.2) is 0 Å². The zero-order valence-electron chi connectivity index (χ0n) is 11.8. The second-order valence-electron chi connectivity index (χ2n) is 6.20. The lowest BCUT2D eigenvalue weighted by Crippen LogP contribution is -2.35. The van der Waals surface area contributed by atoms with Crippen LogP contribution in [0, 0.1) is 5.41 Å². The van der Waals surface area contributed by atoms with Crippen LogP contribution in [0.2, 0.25) is 19.6 Å². The van der Waals surface area contributed by atoms with Gasteiger partial charge in [0.15, 0.2) is 0 Å². The van der Waals surface area contributed by atoms with Gasteiger partial charge in [-0.05, 0) is 26.1 Å². The quantitative estimate of drug-likeness (QED) is 0.609. The van der Waals surface area contributed by atoms with Gasteiger partial charge in [-0.1, -0.05) is 20.8 Å². The Kier molecular flexibility index (Phi) is 5.88. The first-order valence-electron chi connectivity index (χ1n) is 6.02. The molecule has 0 aliphatic carbocycles. The summed E-state index contributed by atoms with van der Waals surface area (Å²) in [7, 11) is -1.77. The number of carbonyl (C=O) groups excluding carboxylic acids is 2. The lowest BCUT2D eigenvalue weighted by Gasteiger charge is -2.18. The van der Waals surface area contributed by atoms with Gasteiger partial charge in [0.2, 0.25) is 14.2 Å². The third-order valence-electron chi connectivity index (χ3n) is 1.94. The smallest absolute Gasteiger partial charge is 0.292 e. The van der Waals surface area contributed by atoms with Gasteiger partial charge < -0.3 is 9.74 Å². The molecule has 0 saturated heterocycles. The molecule has 0 unspecified atom stereocenters. The van der Waals surface area contributed by atoms with Gasteiger partial charge in [0.05, 0.1) is 0 Å². The molecule has 0 aromatic carbocycles. The van der Waals surface area contributed by atoms with Crippen molar-refractivity contribution in [2.75, 3.05) is 6.54 Å². The molecule has 100 valence electrons. The Labute approximate surface area is 105 Å². The van der Waals surface area contributed by atoms with Crippen LogP contribution in [0.3, 0.4) is 0 Å². The summed E-state index contributed by atoms with van der Waals surface area (Å²) >= 11 is 0. The van der Waals surface area contributed by atoms with Crippen LogP contribution in [-0.2, 0) is 14.0 Å². The van der Waals surface area contributed by atoms with Crippen molar-refractivity contribution in [2.45, 2.75) is 53.3 Å². The van der Waals surface area contributed by atoms with E-state index < -0.39 is 8.32 Å². The van der Waals surface area contributed by atoms with E-state index in [0.29, 0.717) is 19.4 Å². The van der Waals surface area contributed by atoms with Crippen molar-refractivity contribution in [1.82, 2.24) is 5.32 Å². The summed E-state index contributed by atoms with van der Waals surface area (Å²) in [6.45, 7) is 12.0. The van der Waals surface area contributed by atoms with Crippen molar-refractivity contribution < 1.29 is 14.0 Å².